The third-order valence-corrected chi connectivity index (χ3v) is 19.2. The molecule has 8 aromatic carbocycles. The van der Waals surface area contributed by atoms with Crippen LogP contribution in [0.4, 0.5) is 0 Å². The van der Waals surface area contributed by atoms with Gasteiger partial charge < -0.3 is 20.1 Å². The van der Waals surface area contributed by atoms with Crippen LogP contribution in [0.25, 0.3) is 101 Å². The van der Waals surface area contributed by atoms with E-state index in [2.05, 4.69) is 304 Å². The van der Waals surface area contributed by atoms with Crippen LogP contribution in [-0.2, 0) is 21.1 Å². The van der Waals surface area contributed by atoms with Gasteiger partial charge in [0.2, 0.25) is 0 Å². The molecule has 532 valence electrons. The molecule has 4 N–H and O–H groups in total. The molecule has 106 heavy (non-hydrogen) atoms. The van der Waals surface area contributed by atoms with Crippen molar-refractivity contribution in [2.24, 2.45) is 0 Å². The van der Waals surface area contributed by atoms with Crippen LogP contribution in [0.15, 0.2) is 266 Å². The molecular weight excluding hydrogens is 1570 g/mol. The van der Waals surface area contributed by atoms with E-state index in [1.54, 1.807) is 18.3 Å². The molecule has 0 spiro atoms. The number of benzene rings is 8. The Morgan fingerprint density at radius 3 is 1.02 bits per heavy atom. The predicted octanol–water partition coefficient (Wildman–Crippen LogP) is 20.4. The first-order chi connectivity index (χ1) is 50.5. The standard InChI is InChI=1S/C33H30N2.C32H26N2.C13H12BrN.C7H8ClN.C6H8B2O4.Pt/c1-22(2)29-15-16-32(35-21-29)27-11-7-9-25(18-27)30-13-5-6-14-31(30)26-10-8-12-28(19-26)33-17-23(3)24(4)20-34-33;1-21-15-31(33-19-23(21)3)27-11-7-9-25(17-27)29-13-5-6-14-30(29)26-10-8-12-28(18-26)32-16-22(2)24(4)20-34-32;1-9-6-13(15-8-10(9)2)11-4-3-5-12(14)7-11;1-5-3-7(8)9-4-6(5)2;9-7(10)5-3-1-2-4-6(5)8(11)12;/h5-22H,1-4H3;5-16,19-20H,1-4H3;3-8H,1-2H3;3-4H,1-2H3;1-4,9-12H;/q;-2;;;;+2. The Morgan fingerprint density at radius 2 is 0.642 bits per heavy atom. The maximum absolute atomic E-state index is 8.79. The van der Waals surface area contributed by atoms with Gasteiger partial charge in [0.15, 0.2) is 0 Å². The third-order valence-electron chi connectivity index (χ3n) is 18.5. The summed E-state index contributed by atoms with van der Waals surface area (Å²) < 4.78 is 1.08. The van der Waals surface area contributed by atoms with Gasteiger partial charge in [0, 0.05) is 69.7 Å². The zero-order valence-corrected chi connectivity index (χ0v) is 66.2. The summed E-state index contributed by atoms with van der Waals surface area (Å²) >= 11 is 9.07. The summed E-state index contributed by atoms with van der Waals surface area (Å²) in [5, 5.41) is 35.7. The van der Waals surface area contributed by atoms with Crippen molar-refractivity contribution in [3.63, 3.8) is 0 Å². The van der Waals surface area contributed by atoms with Gasteiger partial charge in [-0.05, 0) is 207 Å². The monoisotopic (exact) mass is 1660 g/mol. The zero-order chi connectivity index (χ0) is 74.8. The van der Waals surface area contributed by atoms with E-state index in [9.17, 15) is 0 Å². The van der Waals surface area contributed by atoms with E-state index < -0.39 is 14.2 Å². The molecule has 0 saturated heterocycles. The minimum Gasteiger partial charge on any atom is -0.423 e. The van der Waals surface area contributed by atoms with Gasteiger partial charge in [-0.3, -0.25) is 24.9 Å². The van der Waals surface area contributed by atoms with Crippen molar-refractivity contribution >= 4 is 52.7 Å². The van der Waals surface area contributed by atoms with Crippen LogP contribution in [0.1, 0.15) is 81.0 Å². The smallest absolute Gasteiger partial charge is 0.423 e. The molecular formula is C91H84B2BrClN6O4Pt. The van der Waals surface area contributed by atoms with Crippen molar-refractivity contribution < 1.29 is 41.2 Å². The third kappa shape index (κ3) is 21.2. The first-order valence-electron chi connectivity index (χ1n) is 34.8. The summed E-state index contributed by atoms with van der Waals surface area (Å²) in [5.41, 5.74) is 33.1. The minimum atomic E-state index is -1.68. The number of aryl methyl sites for hydroxylation is 10. The molecule has 0 radical (unpaired) electrons. The second-order valence-electron chi connectivity index (χ2n) is 26.4. The van der Waals surface area contributed by atoms with Crippen molar-refractivity contribution in [1.29, 1.82) is 0 Å². The fraction of sp³-hybridized carbons (Fsp3) is 0.143. The number of nitrogens with zero attached hydrogens (tertiary/aromatic N) is 6. The van der Waals surface area contributed by atoms with Gasteiger partial charge in [0.1, 0.15) is 5.15 Å². The van der Waals surface area contributed by atoms with Crippen LogP contribution in [-0.4, -0.2) is 64.2 Å². The average Bonchev–Trinajstić information content (AvgIpc) is 0.799. The molecule has 0 saturated carbocycles. The predicted molar refractivity (Wildman–Crippen MR) is 439 cm³/mol. The fourth-order valence-corrected chi connectivity index (χ4v) is 12.0. The van der Waals surface area contributed by atoms with E-state index in [4.69, 9.17) is 36.7 Å². The summed E-state index contributed by atoms with van der Waals surface area (Å²) in [5.74, 6) is 0.476. The van der Waals surface area contributed by atoms with Crippen molar-refractivity contribution in [2.45, 2.75) is 89.0 Å². The van der Waals surface area contributed by atoms with Crippen LogP contribution < -0.4 is 10.9 Å². The largest absolute Gasteiger partial charge is 2.00 e. The van der Waals surface area contributed by atoms with E-state index in [0.717, 1.165) is 83.0 Å². The van der Waals surface area contributed by atoms with E-state index in [-0.39, 0.29) is 32.0 Å². The van der Waals surface area contributed by atoms with Crippen LogP contribution in [0.5, 0.6) is 0 Å². The molecule has 0 amide bonds. The number of rotatable bonds is 12. The fourth-order valence-electron chi connectivity index (χ4n) is 11.4. The van der Waals surface area contributed by atoms with Gasteiger partial charge in [-0.2, -0.15) is 0 Å². The second-order valence-corrected chi connectivity index (χ2v) is 27.7. The number of aromatic nitrogens is 6. The number of halogens is 2. The Kier molecular flexibility index (Phi) is 28.6. The number of hydrogen-bond acceptors (Lipinski definition) is 10. The van der Waals surface area contributed by atoms with Crippen LogP contribution in [0, 0.1) is 81.4 Å². The molecule has 0 bridgehead atoms. The van der Waals surface area contributed by atoms with Gasteiger partial charge in [-0.1, -0.05) is 203 Å². The molecule has 0 fully saturated rings. The summed E-state index contributed by atoms with van der Waals surface area (Å²) in [7, 11) is -3.36. The topological polar surface area (TPSA) is 158 Å². The first kappa shape index (κ1) is 80.2. The van der Waals surface area contributed by atoms with Crippen LogP contribution in [0.2, 0.25) is 5.15 Å². The molecule has 6 heterocycles. The van der Waals surface area contributed by atoms with Gasteiger partial charge in [0.05, 0.1) is 17.1 Å². The quantitative estimate of drug-likeness (QED) is 0.0527. The first-order valence-corrected chi connectivity index (χ1v) is 36.0. The van der Waals surface area contributed by atoms with Crippen LogP contribution >= 0.6 is 27.5 Å². The van der Waals surface area contributed by atoms with E-state index in [1.165, 1.54) is 95.6 Å². The van der Waals surface area contributed by atoms with Crippen molar-refractivity contribution in [3.05, 3.63) is 345 Å². The maximum atomic E-state index is 8.79. The molecule has 0 unspecified atom stereocenters. The number of pyridine rings is 6. The molecule has 0 aliphatic carbocycles. The van der Waals surface area contributed by atoms with E-state index in [0.29, 0.717) is 11.1 Å². The van der Waals surface area contributed by atoms with Gasteiger partial charge in [-0.25, -0.2) is 4.98 Å². The van der Waals surface area contributed by atoms with Crippen LogP contribution in [0.3, 0.4) is 0 Å². The SMILES string of the molecule is Cc1cnc(-c2[c-]c(-c3ccccc3-c3[c-]c(-c4cc(C)c(C)cn4)ccc3)ccc2)cc1C.Cc1cnc(-c2cccc(-c3ccccc3-c3cccc(-c4ccc(C(C)C)cn4)c3)c2)cc1C.Cc1cnc(-c2cccc(Br)c2)cc1C.Cc1cnc(Cl)cc1C.OB(O)c1ccccc1B(O)O.[Pt+2]. The normalized spacial score (nSPS) is 10.6. The van der Waals surface area contributed by atoms with Crippen molar-refractivity contribution in [3.8, 4) is 101 Å². The Hall–Kier alpha value is -9.91. The Bertz CT molecular complexity index is 5190. The van der Waals surface area contributed by atoms with Gasteiger partial charge >= 0.3 is 35.3 Å². The molecule has 6 aromatic heterocycles. The van der Waals surface area contributed by atoms with Gasteiger partial charge in [0.25, 0.3) is 0 Å². The molecule has 14 rings (SSSR count). The zero-order valence-electron chi connectivity index (χ0n) is 61.6. The Morgan fingerprint density at radius 1 is 0.311 bits per heavy atom. The summed E-state index contributed by atoms with van der Waals surface area (Å²) in [4.78, 5) is 27.0. The molecule has 0 atom stereocenters. The molecule has 0 aliphatic heterocycles. The minimum absolute atomic E-state index is 0. The van der Waals surface area contributed by atoms with E-state index >= 15 is 0 Å². The Labute approximate surface area is 653 Å². The maximum Gasteiger partial charge on any atom is 2.00 e. The second kappa shape index (κ2) is 37.9. The molecule has 0 aliphatic rings. The average molecular weight is 1660 g/mol. The molecule has 14 aromatic rings. The molecule has 15 heteroatoms. The summed E-state index contributed by atoms with van der Waals surface area (Å²) in [6.45, 7) is 25.2. The summed E-state index contributed by atoms with van der Waals surface area (Å²) in [6, 6.07) is 83.0. The Balaban J connectivity index is 0.000000168. The van der Waals surface area contributed by atoms with Gasteiger partial charge in [-0.15, -0.1) is 70.8 Å². The van der Waals surface area contributed by atoms with Crippen molar-refractivity contribution in [2.75, 3.05) is 0 Å². The van der Waals surface area contributed by atoms with Crippen molar-refractivity contribution in [1.82, 2.24) is 29.9 Å². The summed E-state index contributed by atoms with van der Waals surface area (Å²) in [6.07, 6.45) is 11.5. The number of hydrogen-bond donors (Lipinski definition) is 4. The van der Waals surface area contributed by atoms with E-state index in [1.807, 2.05) is 63.0 Å². The molecule has 10 nitrogen and oxygen atoms in total.